The summed E-state index contributed by atoms with van der Waals surface area (Å²) in [6, 6.07) is 7.00. The Hall–Kier alpha value is -2.63. The van der Waals surface area contributed by atoms with Crippen LogP contribution in [0.2, 0.25) is 0 Å². The Morgan fingerprint density at radius 1 is 1.48 bits per heavy atom. The number of ether oxygens (including phenoxy) is 2. The average molecular weight is 407 g/mol. The first-order valence-electron chi connectivity index (χ1n) is 8.13. The summed E-state index contributed by atoms with van der Waals surface area (Å²) in [4.78, 5) is 16.9. The predicted molar refractivity (Wildman–Crippen MR) is 104 cm³/mol. The summed E-state index contributed by atoms with van der Waals surface area (Å²) in [5.74, 6) is 0.750. The molecule has 7 nitrogen and oxygen atoms in total. The lowest BCUT2D eigenvalue weighted by Crippen LogP contribution is -2.15. The van der Waals surface area contributed by atoms with Crippen LogP contribution in [0.3, 0.4) is 0 Å². The smallest absolute Gasteiger partial charge is 0.290 e. The van der Waals surface area contributed by atoms with E-state index in [1.807, 2.05) is 13.0 Å². The predicted octanol–water partition coefficient (Wildman–Crippen LogP) is 2.70. The van der Waals surface area contributed by atoms with Gasteiger partial charge in [0.2, 0.25) is 4.80 Å². The number of rotatable bonds is 7. The molecule has 1 aromatic carbocycles. The number of aryl methyl sites for hydroxylation is 2. The minimum atomic E-state index is -0.624. The molecule has 0 saturated heterocycles. The zero-order valence-corrected chi connectivity index (χ0v) is 16.8. The van der Waals surface area contributed by atoms with Crippen LogP contribution in [0.4, 0.5) is 0 Å². The lowest BCUT2D eigenvalue weighted by atomic mass is 10.1. The van der Waals surface area contributed by atoms with E-state index in [1.165, 1.54) is 29.2 Å². The number of carbonyl (C=O) groups excluding carboxylic acids is 1. The van der Waals surface area contributed by atoms with Gasteiger partial charge in [0, 0.05) is 7.05 Å². The summed E-state index contributed by atoms with van der Waals surface area (Å²) in [5.41, 5.74) is 0.533. The normalized spacial score (nSPS) is 12.0. The van der Waals surface area contributed by atoms with Crippen LogP contribution in [0, 0.1) is 11.3 Å². The molecule has 0 bridgehead atoms. The van der Waals surface area contributed by atoms with E-state index in [0.29, 0.717) is 34.4 Å². The molecule has 0 unspecified atom stereocenters. The van der Waals surface area contributed by atoms with Crippen molar-refractivity contribution in [1.29, 1.82) is 5.26 Å². The first kappa shape index (κ1) is 20.7. The third-order valence-corrected chi connectivity index (χ3v) is 4.73. The van der Waals surface area contributed by atoms with E-state index in [-0.39, 0.29) is 5.57 Å². The van der Waals surface area contributed by atoms with Crippen molar-refractivity contribution < 1.29 is 14.3 Å². The average Bonchev–Trinajstić information content (AvgIpc) is 3.04. The Labute approximate surface area is 166 Å². The van der Waals surface area contributed by atoms with Crippen molar-refractivity contribution in [3.8, 4) is 17.6 Å². The molecular formula is C18H19ClN4O3S. The van der Waals surface area contributed by atoms with Crippen LogP contribution in [-0.2, 0) is 18.3 Å². The monoisotopic (exact) mass is 406 g/mol. The quantitative estimate of drug-likeness (QED) is 0.400. The van der Waals surface area contributed by atoms with Gasteiger partial charge in [0.1, 0.15) is 23.3 Å². The molecule has 1 amide bonds. The summed E-state index contributed by atoms with van der Waals surface area (Å²) in [6.45, 7) is 2.32. The SMILES string of the molecule is CCc1nn(C)c(=NC(=O)/C(C#N)=C/c2ccc(OCCCl)c(OC)c2)s1. The number of hydrogen-bond donors (Lipinski definition) is 0. The largest absolute Gasteiger partial charge is 0.493 e. The Morgan fingerprint density at radius 2 is 2.26 bits per heavy atom. The number of benzene rings is 1. The topological polar surface area (TPSA) is 89.5 Å². The Morgan fingerprint density at radius 3 is 2.85 bits per heavy atom. The van der Waals surface area contributed by atoms with Gasteiger partial charge in [-0.2, -0.15) is 15.4 Å². The maximum absolute atomic E-state index is 12.4. The standard InChI is InChI=1S/C18H19ClN4O3S/c1-4-16-22-23(2)18(27-16)21-17(24)13(11-20)9-12-5-6-14(26-8-7-19)15(10-12)25-3/h5-6,9-10H,4,7-8H2,1-3H3/b13-9+,21-18?. The third-order valence-electron chi connectivity index (χ3n) is 3.43. The van der Waals surface area contributed by atoms with Crippen molar-refractivity contribution in [3.63, 3.8) is 0 Å². The van der Waals surface area contributed by atoms with Gasteiger partial charge in [-0.1, -0.05) is 24.3 Å². The van der Waals surface area contributed by atoms with Crippen LogP contribution in [-0.4, -0.2) is 35.3 Å². The molecule has 0 saturated carbocycles. The van der Waals surface area contributed by atoms with Crippen molar-refractivity contribution in [2.75, 3.05) is 19.6 Å². The summed E-state index contributed by atoms with van der Waals surface area (Å²) in [5, 5.41) is 14.5. The molecule has 0 atom stereocenters. The molecule has 1 aromatic heterocycles. The van der Waals surface area contributed by atoms with E-state index in [9.17, 15) is 10.1 Å². The number of amides is 1. The number of alkyl halides is 1. The Bertz CT molecular complexity index is 956. The lowest BCUT2D eigenvalue weighted by Gasteiger charge is -2.10. The zero-order valence-electron chi connectivity index (χ0n) is 15.2. The first-order chi connectivity index (χ1) is 13.0. The highest BCUT2D eigenvalue weighted by Crippen LogP contribution is 2.29. The summed E-state index contributed by atoms with van der Waals surface area (Å²) in [6.07, 6.45) is 2.21. The molecule has 0 fully saturated rings. The second-order valence-electron chi connectivity index (χ2n) is 5.29. The minimum absolute atomic E-state index is 0.0853. The van der Waals surface area contributed by atoms with Gasteiger partial charge in [0.05, 0.1) is 13.0 Å². The van der Waals surface area contributed by atoms with Crippen LogP contribution in [0.5, 0.6) is 11.5 Å². The fourth-order valence-electron chi connectivity index (χ4n) is 2.14. The molecule has 0 aliphatic rings. The Balaban J connectivity index is 2.33. The van der Waals surface area contributed by atoms with E-state index >= 15 is 0 Å². The van der Waals surface area contributed by atoms with Gasteiger partial charge >= 0.3 is 0 Å². The van der Waals surface area contributed by atoms with E-state index in [4.69, 9.17) is 21.1 Å². The summed E-state index contributed by atoms with van der Waals surface area (Å²) >= 11 is 6.94. The van der Waals surface area contributed by atoms with Gasteiger partial charge in [-0.05, 0) is 30.2 Å². The van der Waals surface area contributed by atoms with Crippen LogP contribution in [0.1, 0.15) is 17.5 Å². The molecule has 0 aliphatic carbocycles. The van der Waals surface area contributed by atoms with Gasteiger partial charge in [-0.15, -0.1) is 11.6 Å². The molecule has 0 spiro atoms. The van der Waals surface area contributed by atoms with Crippen molar-refractivity contribution >= 4 is 34.9 Å². The van der Waals surface area contributed by atoms with Gasteiger partial charge in [0.25, 0.3) is 5.91 Å². The third kappa shape index (κ3) is 5.42. The van der Waals surface area contributed by atoms with Crippen molar-refractivity contribution in [2.45, 2.75) is 13.3 Å². The number of carbonyl (C=O) groups is 1. The molecule has 142 valence electrons. The van der Waals surface area contributed by atoms with Crippen molar-refractivity contribution in [3.05, 3.63) is 39.1 Å². The number of hydrogen-bond acceptors (Lipinski definition) is 6. The molecule has 27 heavy (non-hydrogen) atoms. The van der Waals surface area contributed by atoms with E-state index in [0.717, 1.165) is 11.4 Å². The lowest BCUT2D eigenvalue weighted by molar-refractivity contribution is -0.114. The zero-order chi connectivity index (χ0) is 19.8. The molecule has 0 N–H and O–H groups in total. The second kappa shape index (κ2) is 9.90. The maximum atomic E-state index is 12.4. The van der Waals surface area contributed by atoms with Gasteiger partial charge in [-0.3, -0.25) is 4.79 Å². The number of aromatic nitrogens is 2. The molecule has 1 heterocycles. The number of halogens is 1. The highest BCUT2D eigenvalue weighted by atomic mass is 35.5. The molecule has 9 heteroatoms. The van der Waals surface area contributed by atoms with Gasteiger partial charge < -0.3 is 9.47 Å². The van der Waals surface area contributed by atoms with Crippen LogP contribution in [0.15, 0.2) is 28.8 Å². The second-order valence-corrected chi connectivity index (χ2v) is 6.71. The maximum Gasteiger partial charge on any atom is 0.290 e. The number of nitriles is 1. The van der Waals surface area contributed by atoms with Crippen molar-refractivity contribution in [2.24, 2.45) is 12.0 Å². The summed E-state index contributed by atoms with van der Waals surface area (Å²) in [7, 11) is 3.22. The molecule has 0 radical (unpaired) electrons. The van der Waals surface area contributed by atoms with Crippen LogP contribution >= 0.6 is 22.9 Å². The molecule has 2 aromatic rings. The number of nitrogens with zero attached hydrogens (tertiary/aromatic N) is 4. The summed E-state index contributed by atoms with van der Waals surface area (Å²) < 4.78 is 12.3. The number of methoxy groups -OCH3 is 1. The van der Waals surface area contributed by atoms with Crippen LogP contribution in [0.25, 0.3) is 6.08 Å². The highest BCUT2D eigenvalue weighted by Gasteiger charge is 2.11. The van der Waals surface area contributed by atoms with E-state index in [2.05, 4.69) is 10.1 Å². The minimum Gasteiger partial charge on any atom is -0.493 e. The molecule has 2 rings (SSSR count). The van der Waals surface area contributed by atoms with E-state index < -0.39 is 5.91 Å². The molecular weight excluding hydrogens is 388 g/mol. The Kier molecular flexibility index (Phi) is 7.58. The fraction of sp³-hybridized carbons (Fsp3) is 0.333. The fourth-order valence-corrected chi connectivity index (χ4v) is 3.03. The highest BCUT2D eigenvalue weighted by molar-refractivity contribution is 7.08. The van der Waals surface area contributed by atoms with Crippen molar-refractivity contribution in [1.82, 2.24) is 9.78 Å². The van der Waals surface area contributed by atoms with Crippen LogP contribution < -0.4 is 14.3 Å². The van der Waals surface area contributed by atoms with E-state index in [1.54, 1.807) is 25.2 Å². The first-order valence-corrected chi connectivity index (χ1v) is 9.48. The van der Waals surface area contributed by atoms with Gasteiger partial charge in [-0.25, -0.2) is 4.68 Å². The molecule has 0 aliphatic heterocycles. The van der Waals surface area contributed by atoms with Gasteiger partial charge in [0.15, 0.2) is 11.5 Å².